The third kappa shape index (κ3) is 4.95. The second-order valence-electron chi connectivity index (χ2n) is 5.79. The van der Waals surface area contributed by atoms with Gasteiger partial charge in [0.25, 0.3) is 5.91 Å². The minimum absolute atomic E-state index is 0.0558. The van der Waals surface area contributed by atoms with Crippen LogP contribution in [0.2, 0.25) is 0 Å². The van der Waals surface area contributed by atoms with Gasteiger partial charge < -0.3 is 14.1 Å². The molecule has 0 saturated carbocycles. The van der Waals surface area contributed by atoms with E-state index in [0.29, 0.717) is 11.4 Å². The highest BCUT2D eigenvalue weighted by atomic mass is 16.5. The number of esters is 1. The molecule has 0 radical (unpaired) electrons. The Balaban J connectivity index is 2.10. The van der Waals surface area contributed by atoms with Crippen molar-refractivity contribution in [2.75, 3.05) is 18.1 Å². The van der Waals surface area contributed by atoms with Gasteiger partial charge in [-0.1, -0.05) is 6.07 Å². The van der Waals surface area contributed by atoms with E-state index in [2.05, 4.69) is 0 Å². The van der Waals surface area contributed by atoms with Gasteiger partial charge in [0, 0.05) is 12.2 Å². The monoisotopic (exact) mass is 340 g/mol. The Morgan fingerprint density at radius 3 is 2.40 bits per heavy atom. The third-order valence-corrected chi connectivity index (χ3v) is 3.53. The van der Waals surface area contributed by atoms with Gasteiger partial charge in [-0.3, -0.25) is 4.79 Å². The summed E-state index contributed by atoms with van der Waals surface area (Å²) in [5.41, 5.74) is 2.70. The number of ether oxygens (including phenoxy) is 1. The molecule has 2 aromatic rings. The number of aryl methyl sites for hydroxylation is 3. The fourth-order valence-electron chi connectivity index (χ4n) is 2.49. The summed E-state index contributed by atoms with van der Waals surface area (Å²) in [4.78, 5) is 25.9. The van der Waals surface area contributed by atoms with Crippen molar-refractivity contribution in [3.05, 3.63) is 53.0 Å². The topological polar surface area (TPSA) is 83.5 Å². The van der Waals surface area contributed by atoms with Gasteiger partial charge in [-0.25, -0.2) is 4.79 Å². The minimum atomic E-state index is -0.692. The molecule has 1 heterocycles. The second-order valence-corrected chi connectivity index (χ2v) is 5.79. The van der Waals surface area contributed by atoms with Crippen LogP contribution in [0.4, 0.5) is 5.69 Å². The van der Waals surface area contributed by atoms with E-state index in [1.54, 1.807) is 13.0 Å². The molecule has 2 rings (SSSR count). The lowest BCUT2D eigenvalue weighted by Gasteiger charge is -2.22. The number of amides is 1. The standard InChI is InChI=1S/C19H20N2O4/c1-13-9-14(2)11-16(10-13)21(8-4-7-20)18(22)12-24-19(23)17-6-5-15(3)25-17/h5-6,9-11H,4,8,12H2,1-3H3. The van der Waals surface area contributed by atoms with E-state index in [1.807, 2.05) is 38.1 Å². The highest BCUT2D eigenvalue weighted by Gasteiger charge is 2.19. The molecular formula is C19H20N2O4. The highest BCUT2D eigenvalue weighted by molar-refractivity contribution is 5.96. The predicted octanol–water partition coefficient (Wildman–Crippen LogP) is 3.31. The minimum Gasteiger partial charge on any atom is -0.454 e. The molecule has 0 spiro atoms. The maximum atomic E-state index is 12.5. The van der Waals surface area contributed by atoms with Crippen LogP contribution in [0.5, 0.6) is 0 Å². The highest BCUT2D eigenvalue weighted by Crippen LogP contribution is 2.19. The van der Waals surface area contributed by atoms with Crippen molar-refractivity contribution in [2.45, 2.75) is 27.2 Å². The molecule has 0 aliphatic rings. The van der Waals surface area contributed by atoms with Crippen molar-refractivity contribution in [1.82, 2.24) is 0 Å². The lowest BCUT2D eigenvalue weighted by molar-refractivity contribution is -0.121. The van der Waals surface area contributed by atoms with E-state index in [4.69, 9.17) is 14.4 Å². The average Bonchev–Trinajstić information content (AvgIpc) is 2.98. The van der Waals surface area contributed by atoms with Gasteiger partial charge in [0.1, 0.15) is 5.76 Å². The van der Waals surface area contributed by atoms with Crippen molar-refractivity contribution in [3.8, 4) is 6.07 Å². The van der Waals surface area contributed by atoms with Gasteiger partial charge >= 0.3 is 5.97 Å². The smallest absolute Gasteiger partial charge is 0.374 e. The Morgan fingerprint density at radius 1 is 1.16 bits per heavy atom. The summed E-state index contributed by atoms with van der Waals surface area (Å²) in [6.45, 7) is 5.39. The number of furan rings is 1. The zero-order valence-electron chi connectivity index (χ0n) is 14.5. The van der Waals surface area contributed by atoms with Crippen molar-refractivity contribution in [2.24, 2.45) is 0 Å². The first-order chi connectivity index (χ1) is 11.9. The van der Waals surface area contributed by atoms with E-state index >= 15 is 0 Å². The summed E-state index contributed by atoms with van der Waals surface area (Å²) >= 11 is 0. The molecule has 0 atom stereocenters. The Hall–Kier alpha value is -3.07. The molecule has 25 heavy (non-hydrogen) atoms. The van der Waals surface area contributed by atoms with Crippen molar-refractivity contribution in [1.29, 1.82) is 5.26 Å². The molecule has 0 saturated heterocycles. The van der Waals surface area contributed by atoms with Gasteiger partial charge in [-0.2, -0.15) is 5.26 Å². The maximum Gasteiger partial charge on any atom is 0.374 e. The number of rotatable bonds is 6. The predicted molar refractivity (Wildman–Crippen MR) is 92.2 cm³/mol. The lowest BCUT2D eigenvalue weighted by atomic mass is 10.1. The number of carbonyl (C=O) groups excluding carboxylic acids is 2. The number of nitriles is 1. The molecule has 1 aromatic heterocycles. The number of benzene rings is 1. The quantitative estimate of drug-likeness (QED) is 0.753. The number of anilines is 1. The fourth-order valence-corrected chi connectivity index (χ4v) is 2.49. The van der Waals surface area contributed by atoms with Crippen LogP contribution in [0.15, 0.2) is 34.7 Å². The molecule has 0 unspecified atom stereocenters. The summed E-state index contributed by atoms with van der Waals surface area (Å²) in [5.74, 6) is -0.441. The van der Waals surface area contributed by atoms with E-state index in [-0.39, 0.29) is 18.7 Å². The lowest BCUT2D eigenvalue weighted by Crippen LogP contribution is -2.35. The second kappa shape index (κ2) is 8.15. The molecule has 0 fully saturated rings. The maximum absolute atomic E-state index is 12.5. The number of nitrogens with zero attached hydrogens (tertiary/aromatic N) is 2. The first-order valence-electron chi connectivity index (χ1n) is 7.90. The summed E-state index contributed by atoms with van der Waals surface area (Å²) < 4.78 is 10.2. The van der Waals surface area contributed by atoms with Crippen LogP contribution in [0.1, 0.15) is 33.9 Å². The van der Waals surface area contributed by atoms with E-state index in [1.165, 1.54) is 11.0 Å². The van der Waals surface area contributed by atoms with Crippen LogP contribution < -0.4 is 4.90 Å². The van der Waals surface area contributed by atoms with Crippen LogP contribution in [0.3, 0.4) is 0 Å². The van der Waals surface area contributed by atoms with Crippen LogP contribution in [0, 0.1) is 32.1 Å². The van der Waals surface area contributed by atoms with Gasteiger partial charge in [0.15, 0.2) is 6.61 Å². The van der Waals surface area contributed by atoms with Crippen molar-refractivity contribution in [3.63, 3.8) is 0 Å². The van der Waals surface area contributed by atoms with Gasteiger partial charge in [0.05, 0.1) is 12.5 Å². The summed E-state index contributed by atoms with van der Waals surface area (Å²) in [5, 5.41) is 8.84. The number of hydrogen-bond acceptors (Lipinski definition) is 5. The van der Waals surface area contributed by atoms with Crippen LogP contribution >= 0.6 is 0 Å². The Kier molecular flexibility index (Phi) is 5.96. The van der Waals surface area contributed by atoms with E-state index in [9.17, 15) is 9.59 Å². The first kappa shape index (κ1) is 18.3. The Morgan fingerprint density at radius 2 is 1.84 bits per heavy atom. The molecule has 1 aromatic carbocycles. The van der Waals surface area contributed by atoms with Gasteiger partial charge in [-0.05, 0) is 56.2 Å². The Bertz CT molecular complexity index is 797. The summed E-state index contributed by atoms with van der Waals surface area (Å²) in [7, 11) is 0. The van der Waals surface area contributed by atoms with Crippen molar-refractivity contribution >= 4 is 17.6 Å². The van der Waals surface area contributed by atoms with E-state index in [0.717, 1.165) is 11.1 Å². The molecule has 1 amide bonds. The molecule has 130 valence electrons. The third-order valence-electron chi connectivity index (χ3n) is 3.53. The van der Waals surface area contributed by atoms with Crippen LogP contribution in [-0.2, 0) is 9.53 Å². The molecule has 0 bridgehead atoms. The first-order valence-corrected chi connectivity index (χ1v) is 7.90. The largest absolute Gasteiger partial charge is 0.454 e. The molecule has 0 aliphatic carbocycles. The summed E-state index contributed by atoms with van der Waals surface area (Å²) in [6.07, 6.45) is 0.185. The summed E-state index contributed by atoms with van der Waals surface area (Å²) in [6, 6.07) is 10.9. The molecule has 0 N–H and O–H groups in total. The zero-order valence-corrected chi connectivity index (χ0v) is 14.5. The average molecular weight is 340 g/mol. The van der Waals surface area contributed by atoms with Crippen LogP contribution in [0.25, 0.3) is 0 Å². The fraction of sp³-hybridized carbons (Fsp3) is 0.316. The SMILES string of the molecule is Cc1cc(C)cc(N(CCC#N)C(=O)COC(=O)c2ccc(C)o2)c1. The molecule has 6 heteroatoms. The van der Waals surface area contributed by atoms with Crippen LogP contribution in [-0.4, -0.2) is 25.0 Å². The number of carbonyl (C=O) groups is 2. The van der Waals surface area contributed by atoms with E-state index < -0.39 is 18.5 Å². The Labute approximate surface area is 146 Å². The normalized spacial score (nSPS) is 10.2. The molecule has 0 aliphatic heterocycles. The zero-order chi connectivity index (χ0) is 18.4. The van der Waals surface area contributed by atoms with Crippen molar-refractivity contribution < 1.29 is 18.7 Å². The molecule has 6 nitrogen and oxygen atoms in total. The number of hydrogen-bond donors (Lipinski definition) is 0. The van der Waals surface area contributed by atoms with Gasteiger partial charge in [0.2, 0.25) is 5.76 Å². The molecular weight excluding hydrogens is 320 g/mol. The van der Waals surface area contributed by atoms with Gasteiger partial charge in [-0.15, -0.1) is 0 Å².